The molecule has 1 aromatic heterocycles. The lowest BCUT2D eigenvalue weighted by molar-refractivity contribution is 0.208. The molecule has 0 aromatic carbocycles. The molecule has 0 aliphatic heterocycles. The van der Waals surface area contributed by atoms with Crippen molar-refractivity contribution in [1.82, 2.24) is 14.9 Å². The van der Waals surface area contributed by atoms with Crippen LogP contribution in [0, 0.1) is 5.41 Å². The predicted molar refractivity (Wildman–Crippen MR) is 66.2 cm³/mol. The second-order valence-corrected chi connectivity index (χ2v) is 5.26. The van der Waals surface area contributed by atoms with Crippen molar-refractivity contribution in [3.05, 3.63) is 23.2 Å². The summed E-state index contributed by atoms with van der Waals surface area (Å²) >= 11 is 5.67. The summed E-state index contributed by atoms with van der Waals surface area (Å²) in [6, 6.07) is 0. The lowest BCUT2D eigenvalue weighted by Crippen LogP contribution is -2.36. The Hall–Kier alpha value is -0.710. The SMILES string of the molecule is CN(Cc1cnc(Cl)cn1)CC(C)(C)CN. The number of aromatic nitrogens is 2. The summed E-state index contributed by atoms with van der Waals surface area (Å²) in [6.07, 6.45) is 3.27. The van der Waals surface area contributed by atoms with Crippen molar-refractivity contribution >= 4 is 11.6 Å². The van der Waals surface area contributed by atoms with E-state index >= 15 is 0 Å². The molecule has 90 valence electrons. The maximum atomic E-state index is 5.70. The molecular formula is C11H19ClN4. The predicted octanol–water partition coefficient (Wildman–Crippen LogP) is 1.55. The zero-order valence-electron chi connectivity index (χ0n) is 10.1. The number of hydrogen-bond acceptors (Lipinski definition) is 4. The smallest absolute Gasteiger partial charge is 0.147 e. The van der Waals surface area contributed by atoms with Crippen LogP contribution in [0.25, 0.3) is 0 Å². The van der Waals surface area contributed by atoms with E-state index in [-0.39, 0.29) is 5.41 Å². The van der Waals surface area contributed by atoms with Crippen LogP contribution in [0.1, 0.15) is 19.5 Å². The second kappa shape index (κ2) is 5.57. The molecule has 0 saturated heterocycles. The molecule has 0 unspecified atom stereocenters. The third-order valence-corrected chi connectivity index (χ3v) is 2.55. The Kier molecular flexibility index (Phi) is 4.65. The van der Waals surface area contributed by atoms with E-state index in [1.54, 1.807) is 12.4 Å². The van der Waals surface area contributed by atoms with E-state index in [9.17, 15) is 0 Å². The van der Waals surface area contributed by atoms with Gasteiger partial charge < -0.3 is 5.73 Å². The first-order chi connectivity index (χ1) is 7.43. The van der Waals surface area contributed by atoms with E-state index in [0.29, 0.717) is 11.7 Å². The van der Waals surface area contributed by atoms with Gasteiger partial charge in [-0.25, -0.2) is 4.98 Å². The molecule has 2 N–H and O–H groups in total. The highest BCUT2D eigenvalue weighted by molar-refractivity contribution is 6.29. The van der Waals surface area contributed by atoms with Crippen LogP contribution in [0.4, 0.5) is 0 Å². The molecule has 16 heavy (non-hydrogen) atoms. The largest absolute Gasteiger partial charge is 0.330 e. The molecule has 1 heterocycles. The molecule has 0 saturated carbocycles. The van der Waals surface area contributed by atoms with Crippen LogP contribution in [0.2, 0.25) is 5.15 Å². The number of hydrogen-bond donors (Lipinski definition) is 1. The van der Waals surface area contributed by atoms with Crippen LogP contribution in [-0.4, -0.2) is 35.0 Å². The van der Waals surface area contributed by atoms with Gasteiger partial charge >= 0.3 is 0 Å². The molecule has 0 atom stereocenters. The number of halogens is 1. The van der Waals surface area contributed by atoms with E-state index in [4.69, 9.17) is 17.3 Å². The van der Waals surface area contributed by atoms with Gasteiger partial charge in [-0.2, -0.15) is 0 Å². The quantitative estimate of drug-likeness (QED) is 0.851. The topological polar surface area (TPSA) is 55.0 Å². The normalized spacial score (nSPS) is 12.1. The van der Waals surface area contributed by atoms with Gasteiger partial charge in [0.25, 0.3) is 0 Å². The number of nitrogens with two attached hydrogens (primary N) is 1. The van der Waals surface area contributed by atoms with Crippen molar-refractivity contribution in [2.24, 2.45) is 11.1 Å². The fourth-order valence-corrected chi connectivity index (χ4v) is 1.65. The third-order valence-electron chi connectivity index (χ3n) is 2.36. The van der Waals surface area contributed by atoms with Gasteiger partial charge in [-0.15, -0.1) is 0 Å². The zero-order valence-corrected chi connectivity index (χ0v) is 10.8. The molecule has 0 bridgehead atoms. The first kappa shape index (κ1) is 13.4. The summed E-state index contributed by atoms with van der Waals surface area (Å²) in [5.41, 5.74) is 6.73. The van der Waals surface area contributed by atoms with Gasteiger partial charge in [0.2, 0.25) is 0 Å². The lowest BCUT2D eigenvalue weighted by Gasteiger charge is -2.28. The Morgan fingerprint density at radius 3 is 2.56 bits per heavy atom. The Morgan fingerprint density at radius 2 is 2.06 bits per heavy atom. The van der Waals surface area contributed by atoms with Crippen LogP contribution in [0.3, 0.4) is 0 Å². The van der Waals surface area contributed by atoms with Crippen LogP contribution in [0.5, 0.6) is 0 Å². The summed E-state index contributed by atoms with van der Waals surface area (Å²) in [4.78, 5) is 10.4. The van der Waals surface area contributed by atoms with Gasteiger partial charge in [0, 0.05) is 13.1 Å². The van der Waals surface area contributed by atoms with Crippen molar-refractivity contribution in [3.8, 4) is 0 Å². The molecule has 1 aromatic rings. The molecule has 4 nitrogen and oxygen atoms in total. The Bertz CT molecular complexity index is 323. The van der Waals surface area contributed by atoms with E-state index in [1.165, 1.54) is 0 Å². The maximum absolute atomic E-state index is 5.70. The minimum Gasteiger partial charge on any atom is -0.330 e. The molecule has 0 spiro atoms. The summed E-state index contributed by atoms with van der Waals surface area (Å²) in [5.74, 6) is 0. The van der Waals surface area contributed by atoms with E-state index in [0.717, 1.165) is 18.8 Å². The molecule has 0 aliphatic carbocycles. The molecule has 0 aliphatic rings. The summed E-state index contributed by atoms with van der Waals surface area (Å²) in [7, 11) is 2.05. The fraction of sp³-hybridized carbons (Fsp3) is 0.636. The second-order valence-electron chi connectivity index (χ2n) is 4.87. The number of rotatable bonds is 5. The highest BCUT2D eigenvalue weighted by Crippen LogP contribution is 2.15. The highest BCUT2D eigenvalue weighted by atomic mass is 35.5. The van der Waals surface area contributed by atoms with Crippen LogP contribution < -0.4 is 5.73 Å². The van der Waals surface area contributed by atoms with Crippen LogP contribution in [-0.2, 0) is 6.54 Å². The van der Waals surface area contributed by atoms with Gasteiger partial charge in [-0.05, 0) is 19.0 Å². The standard InChI is InChI=1S/C11H19ClN4/c1-11(2,7-13)8-16(3)6-9-4-15-10(12)5-14-9/h4-5H,6-8,13H2,1-3H3. The van der Waals surface area contributed by atoms with Gasteiger partial charge in [-0.3, -0.25) is 9.88 Å². The van der Waals surface area contributed by atoms with E-state index in [1.807, 2.05) is 7.05 Å². The minimum absolute atomic E-state index is 0.120. The average Bonchev–Trinajstić information content (AvgIpc) is 2.21. The van der Waals surface area contributed by atoms with Crippen molar-refractivity contribution in [2.45, 2.75) is 20.4 Å². The first-order valence-corrected chi connectivity index (χ1v) is 5.66. The van der Waals surface area contributed by atoms with Crippen molar-refractivity contribution in [1.29, 1.82) is 0 Å². The number of nitrogens with zero attached hydrogens (tertiary/aromatic N) is 3. The maximum Gasteiger partial charge on any atom is 0.147 e. The van der Waals surface area contributed by atoms with Crippen molar-refractivity contribution in [3.63, 3.8) is 0 Å². The zero-order chi connectivity index (χ0) is 12.2. The lowest BCUT2D eigenvalue weighted by atomic mass is 9.93. The van der Waals surface area contributed by atoms with Gasteiger partial charge in [0.1, 0.15) is 5.15 Å². The average molecular weight is 243 g/mol. The summed E-state index contributed by atoms with van der Waals surface area (Å²) in [5, 5.41) is 0.425. The summed E-state index contributed by atoms with van der Waals surface area (Å²) < 4.78 is 0. The minimum atomic E-state index is 0.120. The molecule has 0 amide bonds. The van der Waals surface area contributed by atoms with E-state index < -0.39 is 0 Å². The molecule has 0 fully saturated rings. The Balaban J connectivity index is 2.51. The van der Waals surface area contributed by atoms with Gasteiger partial charge in [-0.1, -0.05) is 25.4 Å². The fourth-order valence-electron chi connectivity index (χ4n) is 1.55. The van der Waals surface area contributed by atoms with E-state index in [2.05, 4.69) is 28.7 Å². The van der Waals surface area contributed by atoms with Crippen LogP contribution >= 0.6 is 11.6 Å². The van der Waals surface area contributed by atoms with Crippen molar-refractivity contribution < 1.29 is 0 Å². The highest BCUT2D eigenvalue weighted by Gasteiger charge is 2.18. The van der Waals surface area contributed by atoms with Gasteiger partial charge in [0.05, 0.1) is 18.1 Å². The Morgan fingerprint density at radius 1 is 1.38 bits per heavy atom. The van der Waals surface area contributed by atoms with Crippen molar-refractivity contribution in [2.75, 3.05) is 20.1 Å². The first-order valence-electron chi connectivity index (χ1n) is 5.28. The molecule has 5 heteroatoms. The molecular weight excluding hydrogens is 224 g/mol. The molecule has 1 rings (SSSR count). The molecule has 0 radical (unpaired) electrons. The Labute approximate surface area is 102 Å². The summed E-state index contributed by atoms with van der Waals surface area (Å²) in [6.45, 7) is 6.65. The van der Waals surface area contributed by atoms with Gasteiger partial charge in [0.15, 0.2) is 0 Å². The van der Waals surface area contributed by atoms with Crippen LogP contribution in [0.15, 0.2) is 12.4 Å². The monoisotopic (exact) mass is 242 g/mol. The third kappa shape index (κ3) is 4.43.